The maximum Gasteiger partial charge on any atom is 0.0127 e. The minimum atomic E-state index is 0.385. The third-order valence-electron chi connectivity index (χ3n) is 2.41. The fraction of sp³-hybridized carbons (Fsp3) is 1.00. The van der Waals surface area contributed by atoms with Crippen LogP contribution in [0.15, 0.2) is 0 Å². The summed E-state index contributed by atoms with van der Waals surface area (Å²) < 4.78 is 0. The third-order valence-corrected chi connectivity index (χ3v) is 2.41. The number of nitrogens with zero attached hydrogens (tertiary/aromatic N) is 1. The molecule has 1 rings (SSSR count). The Morgan fingerprint density at radius 3 is 2.10 bits per heavy atom. The first-order valence-corrected chi connectivity index (χ1v) is 4.28. The lowest BCUT2D eigenvalue weighted by Gasteiger charge is -2.35. The summed E-state index contributed by atoms with van der Waals surface area (Å²) in [6.45, 7) is 10.5. The predicted octanol–water partition coefficient (Wildman–Crippen LogP) is 2.27. The zero-order chi connectivity index (χ0) is 7.78. The molecular formula is C9H19N. The van der Waals surface area contributed by atoms with E-state index in [1.807, 2.05) is 0 Å². The molecule has 0 unspecified atom stereocenters. The Kier molecular flexibility index (Phi) is 2.04. The van der Waals surface area contributed by atoms with Gasteiger partial charge in [0.05, 0.1) is 0 Å². The Morgan fingerprint density at radius 2 is 1.90 bits per heavy atom. The normalized spacial score (nSPS) is 29.4. The van der Waals surface area contributed by atoms with Gasteiger partial charge in [-0.25, -0.2) is 0 Å². The van der Waals surface area contributed by atoms with E-state index in [0.29, 0.717) is 5.54 Å². The predicted molar refractivity (Wildman–Crippen MR) is 45.2 cm³/mol. The molecule has 0 N–H and O–H groups in total. The highest BCUT2D eigenvalue weighted by Gasteiger charge is 2.29. The lowest BCUT2D eigenvalue weighted by molar-refractivity contribution is 0.130. The summed E-state index contributed by atoms with van der Waals surface area (Å²) >= 11 is 0. The van der Waals surface area contributed by atoms with Crippen LogP contribution in [0.4, 0.5) is 0 Å². The molecule has 1 atom stereocenters. The molecule has 0 aromatic rings. The maximum absolute atomic E-state index is 2.59. The molecule has 1 fully saturated rings. The molecule has 10 heavy (non-hydrogen) atoms. The van der Waals surface area contributed by atoms with Crippen LogP contribution in [0.5, 0.6) is 0 Å². The highest BCUT2D eigenvalue weighted by atomic mass is 15.2. The Hall–Kier alpha value is -0.0400. The molecule has 0 aliphatic carbocycles. The number of likely N-dealkylation sites (tertiary alicyclic amines) is 1. The molecule has 1 saturated heterocycles. The Labute approximate surface area is 64.4 Å². The van der Waals surface area contributed by atoms with E-state index < -0.39 is 0 Å². The van der Waals surface area contributed by atoms with Gasteiger partial charge in [0, 0.05) is 11.6 Å². The van der Waals surface area contributed by atoms with E-state index in [0.717, 1.165) is 6.04 Å². The molecule has 0 amide bonds. The Balaban J connectivity index is 2.55. The van der Waals surface area contributed by atoms with Crippen molar-refractivity contribution in [2.75, 3.05) is 6.54 Å². The van der Waals surface area contributed by atoms with Crippen molar-refractivity contribution >= 4 is 0 Å². The Morgan fingerprint density at radius 1 is 1.30 bits per heavy atom. The summed E-state index contributed by atoms with van der Waals surface area (Å²) in [5.74, 6) is 0. The van der Waals surface area contributed by atoms with Gasteiger partial charge in [-0.15, -0.1) is 0 Å². The largest absolute Gasteiger partial charge is 0.296 e. The first-order chi connectivity index (χ1) is 4.52. The second kappa shape index (κ2) is 2.54. The summed E-state index contributed by atoms with van der Waals surface area (Å²) in [5.41, 5.74) is 0.385. The summed E-state index contributed by atoms with van der Waals surface area (Å²) in [5, 5.41) is 0. The van der Waals surface area contributed by atoms with Crippen LogP contribution in [0.2, 0.25) is 0 Å². The van der Waals surface area contributed by atoms with Gasteiger partial charge in [-0.2, -0.15) is 0 Å². The molecule has 1 aliphatic heterocycles. The topological polar surface area (TPSA) is 3.24 Å². The summed E-state index contributed by atoms with van der Waals surface area (Å²) in [6, 6.07) is 0.806. The lowest BCUT2D eigenvalue weighted by atomic mass is 10.1. The smallest absolute Gasteiger partial charge is 0.0127 e. The minimum Gasteiger partial charge on any atom is -0.296 e. The van der Waals surface area contributed by atoms with Crippen LogP contribution < -0.4 is 0 Å². The highest BCUT2D eigenvalue weighted by molar-refractivity contribution is 4.85. The molecule has 60 valence electrons. The number of hydrogen-bond donors (Lipinski definition) is 0. The van der Waals surface area contributed by atoms with Crippen molar-refractivity contribution in [2.24, 2.45) is 0 Å². The van der Waals surface area contributed by atoms with Crippen molar-refractivity contribution in [1.82, 2.24) is 4.90 Å². The SMILES string of the molecule is C[C@H]1CCCN1C(C)(C)C. The van der Waals surface area contributed by atoms with Crippen LogP contribution in [-0.2, 0) is 0 Å². The molecule has 0 bridgehead atoms. The molecule has 1 heteroatoms. The monoisotopic (exact) mass is 141 g/mol. The first-order valence-electron chi connectivity index (χ1n) is 4.28. The first kappa shape index (κ1) is 8.06. The average Bonchev–Trinajstić information content (AvgIpc) is 2.11. The van der Waals surface area contributed by atoms with Crippen LogP contribution >= 0.6 is 0 Å². The average molecular weight is 141 g/mol. The van der Waals surface area contributed by atoms with Crippen molar-refractivity contribution in [3.05, 3.63) is 0 Å². The van der Waals surface area contributed by atoms with Gasteiger partial charge >= 0.3 is 0 Å². The van der Waals surface area contributed by atoms with Crippen molar-refractivity contribution in [2.45, 2.75) is 52.1 Å². The summed E-state index contributed by atoms with van der Waals surface area (Å²) in [7, 11) is 0. The van der Waals surface area contributed by atoms with Crippen LogP contribution in [0, 0.1) is 0 Å². The molecule has 1 aliphatic rings. The molecule has 0 aromatic heterocycles. The minimum absolute atomic E-state index is 0.385. The zero-order valence-electron chi connectivity index (χ0n) is 7.65. The van der Waals surface area contributed by atoms with Gasteiger partial charge in [-0.1, -0.05) is 0 Å². The van der Waals surface area contributed by atoms with E-state index >= 15 is 0 Å². The van der Waals surface area contributed by atoms with E-state index in [9.17, 15) is 0 Å². The summed E-state index contributed by atoms with van der Waals surface area (Å²) in [4.78, 5) is 2.59. The van der Waals surface area contributed by atoms with E-state index in [2.05, 4.69) is 32.6 Å². The molecule has 0 radical (unpaired) electrons. The van der Waals surface area contributed by atoms with Crippen molar-refractivity contribution in [1.29, 1.82) is 0 Å². The standard InChI is InChI=1S/C9H19N/c1-8-6-5-7-10(8)9(2,3)4/h8H,5-7H2,1-4H3/t8-/m0/s1. The molecule has 0 spiro atoms. The maximum atomic E-state index is 2.59. The van der Waals surface area contributed by atoms with Gasteiger partial charge in [0.15, 0.2) is 0 Å². The van der Waals surface area contributed by atoms with Crippen LogP contribution in [-0.4, -0.2) is 23.0 Å². The second-order valence-electron chi connectivity index (χ2n) is 4.36. The van der Waals surface area contributed by atoms with E-state index in [1.165, 1.54) is 19.4 Å². The van der Waals surface area contributed by atoms with Crippen molar-refractivity contribution < 1.29 is 0 Å². The van der Waals surface area contributed by atoms with Gasteiger partial charge in [0.1, 0.15) is 0 Å². The van der Waals surface area contributed by atoms with Gasteiger partial charge in [0.25, 0.3) is 0 Å². The number of rotatable bonds is 0. The fourth-order valence-corrected chi connectivity index (χ4v) is 1.93. The zero-order valence-corrected chi connectivity index (χ0v) is 7.65. The second-order valence-corrected chi connectivity index (χ2v) is 4.36. The van der Waals surface area contributed by atoms with Gasteiger partial charge in [-0.3, -0.25) is 4.90 Å². The van der Waals surface area contributed by atoms with Crippen molar-refractivity contribution in [3.63, 3.8) is 0 Å². The van der Waals surface area contributed by atoms with E-state index in [-0.39, 0.29) is 0 Å². The van der Waals surface area contributed by atoms with Crippen LogP contribution in [0.25, 0.3) is 0 Å². The molecular weight excluding hydrogens is 122 g/mol. The fourth-order valence-electron chi connectivity index (χ4n) is 1.93. The van der Waals surface area contributed by atoms with E-state index in [1.54, 1.807) is 0 Å². The van der Waals surface area contributed by atoms with Crippen molar-refractivity contribution in [3.8, 4) is 0 Å². The molecule has 1 heterocycles. The molecule has 0 saturated carbocycles. The molecule has 0 aromatic carbocycles. The number of hydrogen-bond acceptors (Lipinski definition) is 1. The third kappa shape index (κ3) is 1.51. The van der Waals surface area contributed by atoms with Crippen LogP contribution in [0.3, 0.4) is 0 Å². The van der Waals surface area contributed by atoms with E-state index in [4.69, 9.17) is 0 Å². The van der Waals surface area contributed by atoms with Gasteiger partial charge < -0.3 is 0 Å². The molecule has 1 nitrogen and oxygen atoms in total. The highest BCUT2D eigenvalue weighted by Crippen LogP contribution is 2.25. The Bertz CT molecular complexity index is 112. The van der Waals surface area contributed by atoms with Gasteiger partial charge in [0.2, 0.25) is 0 Å². The van der Waals surface area contributed by atoms with Crippen LogP contribution in [0.1, 0.15) is 40.5 Å². The summed E-state index contributed by atoms with van der Waals surface area (Å²) in [6.07, 6.45) is 2.77. The lowest BCUT2D eigenvalue weighted by Crippen LogP contribution is -2.43. The quantitative estimate of drug-likeness (QED) is 0.500. The van der Waals surface area contributed by atoms with Gasteiger partial charge in [-0.05, 0) is 47.1 Å².